The Bertz CT molecular complexity index is 1420. The molecule has 0 fully saturated rings. The summed E-state index contributed by atoms with van der Waals surface area (Å²) >= 11 is 0. The Kier molecular flexibility index (Phi) is 5.65. The summed E-state index contributed by atoms with van der Waals surface area (Å²) in [6.45, 7) is 4.93. The van der Waals surface area contributed by atoms with Gasteiger partial charge in [0.25, 0.3) is 5.91 Å². The molecule has 0 radical (unpaired) electrons. The highest BCUT2D eigenvalue weighted by molar-refractivity contribution is 5.99. The van der Waals surface area contributed by atoms with Gasteiger partial charge in [-0.15, -0.1) is 0 Å². The Balaban J connectivity index is 1.65. The van der Waals surface area contributed by atoms with E-state index in [2.05, 4.69) is 0 Å². The average molecular weight is 458 g/mol. The number of amides is 1. The topological polar surface area (TPSA) is 59.8 Å². The van der Waals surface area contributed by atoms with Gasteiger partial charge in [0, 0.05) is 6.54 Å². The third-order valence-corrected chi connectivity index (χ3v) is 6.07. The molecular weight excluding hydrogens is 433 g/mol. The number of rotatable bonds is 6. The van der Waals surface area contributed by atoms with Gasteiger partial charge in [0.2, 0.25) is 5.76 Å². The third kappa shape index (κ3) is 3.85. The minimum absolute atomic E-state index is 0.00697. The number of fused-ring (bicyclic) bond motifs is 2. The van der Waals surface area contributed by atoms with Crippen molar-refractivity contribution in [2.24, 2.45) is 0 Å². The van der Waals surface area contributed by atoms with Crippen molar-refractivity contribution in [1.82, 2.24) is 4.90 Å². The number of hydrogen-bond donors (Lipinski definition) is 0. The quantitative estimate of drug-likeness (QED) is 0.369. The summed E-state index contributed by atoms with van der Waals surface area (Å²) in [5.41, 5.74) is 2.83. The lowest BCUT2D eigenvalue weighted by molar-refractivity contribution is 0.0714. The lowest BCUT2D eigenvalue weighted by atomic mass is 9.98. The van der Waals surface area contributed by atoms with Crippen molar-refractivity contribution >= 4 is 16.9 Å². The maximum Gasteiger partial charge on any atom is 0.291 e. The van der Waals surface area contributed by atoms with E-state index in [1.54, 1.807) is 4.90 Å². The first-order valence-corrected chi connectivity index (χ1v) is 11.3. The Hall–Kier alpha value is -3.93. The molecule has 1 aliphatic heterocycles. The van der Waals surface area contributed by atoms with Crippen molar-refractivity contribution in [3.05, 3.63) is 111 Å². The van der Waals surface area contributed by atoms with E-state index in [9.17, 15) is 14.0 Å². The fourth-order valence-corrected chi connectivity index (χ4v) is 4.36. The van der Waals surface area contributed by atoms with Gasteiger partial charge in [-0.25, -0.2) is 4.39 Å². The molecule has 5 rings (SSSR count). The number of hydrogen-bond acceptors (Lipinski definition) is 4. The molecule has 1 unspecified atom stereocenters. The molecule has 0 spiro atoms. The van der Waals surface area contributed by atoms with E-state index in [4.69, 9.17) is 9.15 Å². The van der Waals surface area contributed by atoms with Gasteiger partial charge in [0.05, 0.1) is 23.6 Å². The smallest absolute Gasteiger partial charge is 0.291 e. The monoisotopic (exact) mass is 457 g/mol. The summed E-state index contributed by atoms with van der Waals surface area (Å²) in [5.74, 6) is -0.176. The highest BCUT2D eigenvalue weighted by Gasteiger charge is 2.42. The lowest BCUT2D eigenvalue weighted by Crippen LogP contribution is -2.29. The zero-order chi connectivity index (χ0) is 23.8. The van der Waals surface area contributed by atoms with Gasteiger partial charge in [-0.3, -0.25) is 9.59 Å². The van der Waals surface area contributed by atoms with Crippen molar-refractivity contribution in [3.63, 3.8) is 0 Å². The first kappa shape index (κ1) is 21.9. The standard InChI is InChI=1S/C28H24FNO4/c1-3-14-33-21-11-8-19(9-12-21)25-24-26(31)22-15-20(29)10-13-23(22)34-27(24)28(32)30(25)16-18-6-4-17(2)5-7-18/h4-13,15,25H,3,14,16H2,1-2H3. The van der Waals surface area contributed by atoms with Crippen LogP contribution in [0.4, 0.5) is 4.39 Å². The summed E-state index contributed by atoms with van der Waals surface area (Å²) in [5, 5.41) is 0.122. The number of aryl methyl sites for hydroxylation is 1. The highest BCUT2D eigenvalue weighted by atomic mass is 19.1. The third-order valence-electron chi connectivity index (χ3n) is 6.07. The highest BCUT2D eigenvalue weighted by Crippen LogP contribution is 2.39. The maximum absolute atomic E-state index is 13.9. The van der Waals surface area contributed by atoms with Crippen molar-refractivity contribution in [2.45, 2.75) is 32.9 Å². The molecule has 0 saturated carbocycles. The molecule has 3 aromatic carbocycles. The number of ether oxygens (including phenoxy) is 1. The Morgan fingerprint density at radius 1 is 1.00 bits per heavy atom. The minimum atomic E-state index is -0.659. The SMILES string of the molecule is CCCOc1ccc(C2c3c(oc4ccc(F)cc4c3=O)C(=O)N2Cc2ccc(C)cc2)cc1. The Labute approximate surface area is 196 Å². The molecular formula is C28H24FNO4. The minimum Gasteiger partial charge on any atom is -0.494 e. The molecule has 6 heteroatoms. The maximum atomic E-state index is 13.9. The van der Waals surface area contributed by atoms with E-state index in [1.165, 1.54) is 12.1 Å². The fraction of sp³-hybridized carbons (Fsp3) is 0.214. The van der Waals surface area contributed by atoms with Gasteiger partial charge in [-0.1, -0.05) is 48.9 Å². The van der Waals surface area contributed by atoms with Gasteiger partial charge in [-0.2, -0.15) is 0 Å². The van der Waals surface area contributed by atoms with Gasteiger partial charge in [-0.05, 0) is 54.8 Å². The first-order chi connectivity index (χ1) is 16.5. The molecule has 1 aliphatic rings. The second-order valence-corrected chi connectivity index (χ2v) is 8.55. The number of benzene rings is 3. The molecule has 1 atom stereocenters. The summed E-state index contributed by atoms with van der Waals surface area (Å²) in [6.07, 6.45) is 0.890. The molecule has 34 heavy (non-hydrogen) atoms. The van der Waals surface area contributed by atoms with Crippen LogP contribution < -0.4 is 10.2 Å². The van der Waals surface area contributed by atoms with Gasteiger partial charge in [0.1, 0.15) is 17.1 Å². The van der Waals surface area contributed by atoms with E-state index in [0.717, 1.165) is 29.2 Å². The van der Waals surface area contributed by atoms with Crippen molar-refractivity contribution in [2.75, 3.05) is 6.61 Å². The molecule has 0 bridgehead atoms. The fourth-order valence-electron chi connectivity index (χ4n) is 4.36. The number of halogens is 1. The van der Waals surface area contributed by atoms with E-state index < -0.39 is 17.3 Å². The van der Waals surface area contributed by atoms with Crippen LogP contribution in [-0.4, -0.2) is 17.4 Å². The molecule has 0 N–H and O–H groups in total. The van der Waals surface area contributed by atoms with E-state index in [-0.39, 0.29) is 28.2 Å². The van der Waals surface area contributed by atoms with Crippen LogP contribution in [0.3, 0.4) is 0 Å². The molecule has 0 saturated heterocycles. The van der Waals surface area contributed by atoms with Gasteiger partial charge < -0.3 is 14.1 Å². The molecule has 0 aliphatic carbocycles. The molecule has 2 heterocycles. The first-order valence-electron chi connectivity index (χ1n) is 11.3. The van der Waals surface area contributed by atoms with Crippen LogP contribution in [0.25, 0.3) is 11.0 Å². The van der Waals surface area contributed by atoms with Gasteiger partial charge in [0.15, 0.2) is 5.43 Å². The molecule has 1 amide bonds. The predicted molar refractivity (Wildman–Crippen MR) is 128 cm³/mol. The summed E-state index contributed by atoms with van der Waals surface area (Å²) in [4.78, 5) is 28.7. The van der Waals surface area contributed by atoms with Crippen molar-refractivity contribution in [1.29, 1.82) is 0 Å². The molecule has 5 nitrogen and oxygen atoms in total. The van der Waals surface area contributed by atoms with Crippen LogP contribution in [0.1, 0.15) is 52.2 Å². The molecule has 1 aromatic heterocycles. The average Bonchev–Trinajstić information content (AvgIpc) is 3.11. The molecule has 172 valence electrons. The summed E-state index contributed by atoms with van der Waals surface area (Å²) in [7, 11) is 0. The number of carbonyl (C=O) groups is 1. The second kappa shape index (κ2) is 8.78. The largest absolute Gasteiger partial charge is 0.494 e. The zero-order valence-electron chi connectivity index (χ0n) is 19.0. The van der Waals surface area contributed by atoms with E-state index >= 15 is 0 Å². The van der Waals surface area contributed by atoms with Gasteiger partial charge >= 0.3 is 0 Å². The van der Waals surface area contributed by atoms with Crippen molar-refractivity contribution in [3.8, 4) is 5.75 Å². The van der Waals surface area contributed by atoms with Crippen LogP contribution in [0.15, 0.2) is 75.9 Å². The molecule has 4 aromatic rings. The Morgan fingerprint density at radius 2 is 1.74 bits per heavy atom. The normalized spacial score (nSPS) is 15.1. The van der Waals surface area contributed by atoms with Crippen LogP contribution >= 0.6 is 0 Å². The summed E-state index contributed by atoms with van der Waals surface area (Å²) in [6, 6.07) is 18.4. The second-order valence-electron chi connectivity index (χ2n) is 8.55. The zero-order valence-corrected chi connectivity index (χ0v) is 19.0. The van der Waals surface area contributed by atoms with E-state index in [1.807, 2.05) is 62.4 Å². The Morgan fingerprint density at radius 3 is 2.44 bits per heavy atom. The van der Waals surface area contributed by atoms with Crippen LogP contribution in [0.5, 0.6) is 5.75 Å². The van der Waals surface area contributed by atoms with E-state index in [0.29, 0.717) is 18.9 Å². The number of carbonyl (C=O) groups excluding carboxylic acids is 1. The predicted octanol–water partition coefficient (Wildman–Crippen LogP) is 5.77. The van der Waals surface area contributed by atoms with Crippen LogP contribution in [0.2, 0.25) is 0 Å². The number of nitrogens with zero attached hydrogens (tertiary/aromatic N) is 1. The van der Waals surface area contributed by atoms with Crippen LogP contribution in [0, 0.1) is 12.7 Å². The van der Waals surface area contributed by atoms with Crippen LogP contribution in [-0.2, 0) is 6.54 Å². The van der Waals surface area contributed by atoms with Crippen molar-refractivity contribution < 1.29 is 18.3 Å². The lowest BCUT2D eigenvalue weighted by Gasteiger charge is -2.25. The summed E-state index contributed by atoms with van der Waals surface area (Å²) < 4.78 is 25.5.